The number of nitrogens with zero attached hydrogens (tertiary/aromatic N) is 3. The van der Waals surface area contributed by atoms with Gasteiger partial charge in [0.15, 0.2) is 0 Å². The smallest absolute Gasteiger partial charge is 0.262 e. The summed E-state index contributed by atoms with van der Waals surface area (Å²) in [5.41, 5.74) is 4.34. The summed E-state index contributed by atoms with van der Waals surface area (Å²) >= 11 is 0. The Balaban J connectivity index is 1.17. The molecule has 2 atom stereocenters. The van der Waals surface area contributed by atoms with Gasteiger partial charge in [0, 0.05) is 43.1 Å². The predicted octanol–water partition coefficient (Wildman–Crippen LogP) is 4.89. The molecule has 1 aromatic heterocycles. The molecular weight excluding hydrogens is 408 g/mol. The number of pyridine rings is 1. The first-order chi connectivity index (χ1) is 16.3. The molecular formula is C28H30N4O. The second kappa shape index (κ2) is 8.64. The highest BCUT2D eigenvalue weighted by molar-refractivity contribution is 6.10. The van der Waals surface area contributed by atoms with Gasteiger partial charge in [-0.15, -0.1) is 0 Å². The Kier molecular flexibility index (Phi) is 5.35. The maximum atomic E-state index is 13.5. The van der Waals surface area contributed by atoms with Crippen LogP contribution in [0.2, 0.25) is 0 Å². The second-order valence-corrected chi connectivity index (χ2v) is 9.59. The third kappa shape index (κ3) is 3.91. The summed E-state index contributed by atoms with van der Waals surface area (Å²) in [7, 11) is 0. The van der Waals surface area contributed by atoms with E-state index in [1.807, 2.05) is 35.2 Å². The highest BCUT2D eigenvalue weighted by Crippen LogP contribution is 2.38. The minimum Gasteiger partial charge on any atom is -0.367 e. The van der Waals surface area contributed by atoms with Crippen LogP contribution in [0, 0.1) is 0 Å². The number of nitrogens with one attached hydrogen (secondary N) is 1. The van der Waals surface area contributed by atoms with E-state index in [0.717, 1.165) is 43.9 Å². The lowest BCUT2D eigenvalue weighted by Gasteiger charge is -2.39. The number of carbonyl (C=O) groups excluding carboxylic acids is 1. The number of carbonyl (C=O) groups is 1. The van der Waals surface area contributed by atoms with Crippen molar-refractivity contribution < 1.29 is 4.79 Å². The van der Waals surface area contributed by atoms with Gasteiger partial charge in [-0.2, -0.15) is 0 Å². The van der Waals surface area contributed by atoms with E-state index in [2.05, 4.69) is 51.6 Å². The van der Waals surface area contributed by atoms with Crippen LogP contribution in [-0.2, 0) is 13.0 Å². The van der Waals surface area contributed by atoms with Crippen molar-refractivity contribution in [1.29, 1.82) is 0 Å². The van der Waals surface area contributed by atoms with Crippen LogP contribution < -0.4 is 10.2 Å². The lowest BCUT2D eigenvalue weighted by Crippen LogP contribution is -2.46. The zero-order valence-electron chi connectivity index (χ0n) is 18.9. The largest absolute Gasteiger partial charge is 0.367 e. The number of piperidine rings is 1. The van der Waals surface area contributed by atoms with Gasteiger partial charge in [0.1, 0.15) is 5.82 Å². The van der Waals surface area contributed by atoms with Crippen LogP contribution in [0.1, 0.15) is 47.2 Å². The number of rotatable bonds is 5. The van der Waals surface area contributed by atoms with Gasteiger partial charge in [-0.1, -0.05) is 48.5 Å². The number of anilines is 2. The summed E-state index contributed by atoms with van der Waals surface area (Å²) in [5, 5.41) is 3.68. The minimum absolute atomic E-state index is 0.0417. The molecule has 2 aromatic carbocycles. The van der Waals surface area contributed by atoms with Gasteiger partial charge in [-0.3, -0.25) is 9.69 Å². The molecule has 33 heavy (non-hydrogen) atoms. The molecule has 2 unspecified atom stereocenters. The fraction of sp³-hybridized carbons (Fsp3) is 0.357. The monoisotopic (exact) mass is 438 g/mol. The van der Waals surface area contributed by atoms with Crippen molar-refractivity contribution in [3.63, 3.8) is 0 Å². The van der Waals surface area contributed by atoms with Gasteiger partial charge in [-0.05, 0) is 61.4 Å². The Labute approximate surface area is 195 Å². The Morgan fingerprint density at radius 1 is 0.939 bits per heavy atom. The van der Waals surface area contributed by atoms with E-state index in [-0.39, 0.29) is 5.91 Å². The summed E-state index contributed by atoms with van der Waals surface area (Å²) in [6, 6.07) is 24.3. The molecule has 5 nitrogen and oxygen atoms in total. The minimum atomic E-state index is 0.0417. The van der Waals surface area contributed by atoms with Gasteiger partial charge in [0.25, 0.3) is 5.91 Å². The topological polar surface area (TPSA) is 48.5 Å². The van der Waals surface area contributed by atoms with Gasteiger partial charge < -0.3 is 10.2 Å². The van der Waals surface area contributed by atoms with Crippen molar-refractivity contribution >= 4 is 17.4 Å². The highest BCUT2D eigenvalue weighted by atomic mass is 16.2. The first kappa shape index (κ1) is 20.4. The molecule has 1 N–H and O–H groups in total. The zero-order chi connectivity index (χ0) is 22.2. The van der Waals surface area contributed by atoms with E-state index >= 15 is 0 Å². The van der Waals surface area contributed by atoms with Crippen molar-refractivity contribution in [1.82, 2.24) is 9.88 Å². The van der Waals surface area contributed by atoms with E-state index in [1.54, 1.807) is 6.20 Å². The fourth-order valence-corrected chi connectivity index (χ4v) is 6.03. The number of fused-ring (bicyclic) bond motifs is 3. The SMILES string of the molecule is O=C(c1cccnc1NC1CC2CCC(C1)N2Cc1ccccc1)N1CCc2ccccc21. The number of amides is 1. The molecule has 3 aromatic rings. The lowest BCUT2D eigenvalue weighted by molar-refractivity contribution is 0.0989. The molecule has 5 heteroatoms. The predicted molar refractivity (Wildman–Crippen MR) is 131 cm³/mol. The average Bonchev–Trinajstić information content (AvgIpc) is 3.37. The maximum Gasteiger partial charge on any atom is 0.262 e. The highest BCUT2D eigenvalue weighted by Gasteiger charge is 2.41. The van der Waals surface area contributed by atoms with Crippen LogP contribution in [-0.4, -0.2) is 40.5 Å². The molecule has 2 bridgehead atoms. The molecule has 6 rings (SSSR count). The summed E-state index contributed by atoms with van der Waals surface area (Å²) in [6.07, 6.45) is 7.41. The molecule has 0 aliphatic carbocycles. The normalized spacial score (nSPS) is 24.0. The Morgan fingerprint density at radius 3 is 2.52 bits per heavy atom. The molecule has 3 aliphatic heterocycles. The molecule has 0 spiro atoms. The van der Waals surface area contributed by atoms with Crippen LogP contribution >= 0.6 is 0 Å². The van der Waals surface area contributed by atoms with E-state index in [4.69, 9.17) is 0 Å². The first-order valence-electron chi connectivity index (χ1n) is 12.2. The van der Waals surface area contributed by atoms with Crippen LogP contribution in [0.15, 0.2) is 72.9 Å². The Hall–Kier alpha value is -3.18. The standard InChI is InChI=1S/C28H30N4O/c33-28(31-16-14-21-9-4-5-11-26(21)31)25-10-6-15-29-27(25)30-22-17-23-12-13-24(18-22)32(23)19-20-7-2-1-3-8-20/h1-11,15,22-24H,12-14,16-19H2,(H,29,30). The molecule has 2 saturated heterocycles. The van der Waals surface area contributed by atoms with Crippen LogP contribution in [0.3, 0.4) is 0 Å². The number of aromatic nitrogens is 1. The zero-order valence-corrected chi connectivity index (χ0v) is 18.9. The van der Waals surface area contributed by atoms with E-state index < -0.39 is 0 Å². The third-order valence-corrected chi connectivity index (χ3v) is 7.60. The van der Waals surface area contributed by atoms with Crippen molar-refractivity contribution in [2.45, 2.75) is 56.8 Å². The quantitative estimate of drug-likeness (QED) is 0.616. The van der Waals surface area contributed by atoms with Crippen molar-refractivity contribution in [2.75, 3.05) is 16.8 Å². The molecule has 168 valence electrons. The molecule has 2 fully saturated rings. The van der Waals surface area contributed by atoms with E-state index in [0.29, 0.717) is 23.7 Å². The second-order valence-electron chi connectivity index (χ2n) is 9.59. The number of hydrogen-bond donors (Lipinski definition) is 1. The first-order valence-corrected chi connectivity index (χ1v) is 12.2. The van der Waals surface area contributed by atoms with Crippen LogP contribution in [0.5, 0.6) is 0 Å². The summed E-state index contributed by atoms with van der Waals surface area (Å²) in [6.45, 7) is 1.76. The maximum absolute atomic E-state index is 13.5. The third-order valence-electron chi connectivity index (χ3n) is 7.60. The fourth-order valence-electron chi connectivity index (χ4n) is 6.03. The Morgan fingerprint density at radius 2 is 1.70 bits per heavy atom. The van der Waals surface area contributed by atoms with E-state index in [9.17, 15) is 4.79 Å². The molecule has 1 amide bonds. The lowest BCUT2D eigenvalue weighted by atomic mass is 9.96. The van der Waals surface area contributed by atoms with Gasteiger partial charge in [-0.25, -0.2) is 4.98 Å². The van der Waals surface area contributed by atoms with E-state index in [1.165, 1.54) is 24.0 Å². The molecule has 4 heterocycles. The summed E-state index contributed by atoms with van der Waals surface area (Å²) < 4.78 is 0. The van der Waals surface area contributed by atoms with Crippen LogP contribution in [0.4, 0.5) is 11.5 Å². The van der Waals surface area contributed by atoms with Crippen molar-refractivity contribution in [3.05, 3.63) is 89.6 Å². The summed E-state index contributed by atoms with van der Waals surface area (Å²) in [5.74, 6) is 0.771. The van der Waals surface area contributed by atoms with Crippen molar-refractivity contribution in [3.8, 4) is 0 Å². The molecule has 3 aliphatic rings. The Bertz CT molecular complexity index is 1130. The van der Waals surface area contributed by atoms with Gasteiger partial charge in [0.05, 0.1) is 5.56 Å². The van der Waals surface area contributed by atoms with Crippen LogP contribution in [0.25, 0.3) is 0 Å². The molecule has 0 saturated carbocycles. The molecule has 0 radical (unpaired) electrons. The van der Waals surface area contributed by atoms with Gasteiger partial charge in [0.2, 0.25) is 0 Å². The summed E-state index contributed by atoms with van der Waals surface area (Å²) in [4.78, 5) is 22.7. The number of hydrogen-bond acceptors (Lipinski definition) is 4. The average molecular weight is 439 g/mol. The number of para-hydroxylation sites is 1. The van der Waals surface area contributed by atoms with Gasteiger partial charge >= 0.3 is 0 Å². The number of benzene rings is 2. The van der Waals surface area contributed by atoms with Crippen molar-refractivity contribution in [2.24, 2.45) is 0 Å².